The largest absolute Gasteiger partial charge is 0.310 e. The van der Waals surface area contributed by atoms with Crippen LogP contribution < -0.4 is 5.32 Å². The number of rotatable bonds is 5. The van der Waals surface area contributed by atoms with Crippen molar-refractivity contribution in [2.75, 3.05) is 6.54 Å². The van der Waals surface area contributed by atoms with Crippen LogP contribution >= 0.6 is 0 Å². The fourth-order valence-corrected chi connectivity index (χ4v) is 2.62. The summed E-state index contributed by atoms with van der Waals surface area (Å²) < 4.78 is 0. The summed E-state index contributed by atoms with van der Waals surface area (Å²) in [6.07, 6.45) is 2.82. The van der Waals surface area contributed by atoms with Gasteiger partial charge in [-0.1, -0.05) is 31.2 Å². The molecule has 0 fully saturated rings. The van der Waals surface area contributed by atoms with Gasteiger partial charge in [-0.3, -0.25) is 4.98 Å². The maximum atomic E-state index is 4.54. The summed E-state index contributed by atoms with van der Waals surface area (Å²) in [5.74, 6) is 0. The van der Waals surface area contributed by atoms with Crippen molar-refractivity contribution in [2.45, 2.75) is 40.2 Å². The highest BCUT2D eigenvalue weighted by molar-refractivity contribution is 5.36. The van der Waals surface area contributed by atoms with Crippen molar-refractivity contribution in [3.8, 4) is 0 Å². The Hall–Kier alpha value is -1.67. The van der Waals surface area contributed by atoms with Crippen LogP contribution in [0, 0.1) is 20.8 Å². The van der Waals surface area contributed by atoms with E-state index in [0.29, 0.717) is 6.04 Å². The number of aryl methyl sites for hydroxylation is 2. The molecule has 2 nitrogen and oxygen atoms in total. The summed E-state index contributed by atoms with van der Waals surface area (Å²) >= 11 is 0. The first kappa shape index (κ1) is 14.7. The summed E-state index contributed by atoms with van der Waals surface area (Å²) in [5.41, 5.74) is 6.56. The molecule has 1 aromatic carbocycles. The van der Waals surface area contributed by atoms with Crippen LogP contribution in [0.15, 0.2) is 36.5 Å². The first-order valence-corrected chi connectivity index (χ1v) is 7.33. The molecule has 0 bridgehead atoms. The van der Waals surface area contributed by atoms with Crippen molar-refractivity contribution in [3.05, 3.63) is 64.5 Å². The number of benzene rings is 1. The lowest BCUT2D eigenvalue weighted by molar-refractivity contribution is 0.540. The highest BCUT2D eigenvalue weighted by Crippen LogP contribution is 2.24. The SMILES string of the molecule is CCNC(Cc1ncccc1C)c1cccc(C)c1C. The fraction of sp³-hybridized carbons (Fsp3) is 0.389. The maximum absolute atomic E-state index is 4.54. The van der Waals surface area contributed by atoms with E-state index in [1.807, 2.05) is 12.3 Å². The van der Waals surface area contributed by atoms with Gasteiger partial charge in [0.1, 0.15) is 0 Å². The average Bonchev–Trinajstić information content (AvgIpc) is 2.44. The van der Waals surface area contributed by atoms with Crippen LogP contribution in [0.5, 0.6) is 0 Å². The molecule has 0 aliphatic rings. The topological polar surface area (TPSA) is 24.9 Å². The molecule has 1 heterocycles. The van der Waals surface area contributed by atoms with Crippen molar-refractivity contribution in [1.82, 2.24) is 10.3 Å². The Morgan fingerprint density at radius 2 is 1.80 bits per heavy atom. The minimum absolute atomic E-state index is 0.327. The Labute approximate surface area is 122 Å². The predicted octanol–water partition coefficient (Wildman–Crippen LogP) is 3.90. The van der Waals surface area contributed by atoms with Gasteiger partial charge in [0.2, 0.25) is 0 Å². The van der Waals surface area contributed by atoms with Gasteiger partial charge >= 0.3 is 0 Å². The molecule has 0 aliphatic carbocycles. The molecule has 0 saturated carbocycles. The molecule has 2 heteroatoms. The van der Waals surface area contributed by atoms with Gasteiger partial charge in [-0.15, -0.1) is 0 Å². The molecule has 0 radical (unpaired) electrons. The molecule has 106 valence electrons. The summed E-state index contributed by atoms with van der Waals surface area (Å²) in [7, 11) is 0. The number of nitrogens with zero attached hydrogens (tertiary/aromatic N) is 1. The zero-order valence-electron chi connectivity index (χ0n) is 12.9. The molecule has 0 spiro atoms. The van der Waals surface area contributed by atoms with Gasteiger partial charge in [0, 0.05) is 24.4 Å². The van der Waals surface area contributed by atoms with Crippen LogP contribution in [0.1, 0.15) is 40.9 Å². The van der Waals surface area contributed by atoms with Crippen molar-refractivity contribution in [2.24, 2.45) is 0 Å². The molecule has 20 heavy (non-hydrogen) atoms. The average molecular weight is 268 g/mol. The lowest BCUT2D eigenvalue weighted by atomic mass is 9.93. The second kappa shape index (κ2) is 6.67. The Kier molecular flexibility index (Phi) is 4.91. The van der Waals surface area contributed by atoms with E-state index in [9.17, 15) is 0 Å². The van der Waals surface area contributed by atoms with Crippen molar-refractivity contribution < 1.29 is 0 Å². The van der Waals surface area contributed by atoms with Crippen molar-refractivity contribution in [1.29, 1.82) is 0 Å². The molecule has 2 rings (SSSR count). The standard InChI is InChI=1S/C18H24N2/c1-5-19-18(12-17-14(3)9-7-11-20-17)16-10-6-8-13(2)15(16)4/h6-11,18-19H,5,12H2,1-4H3. The smallest absolute Gasteiger partial charge is 0.0451 e. The Bertz CT molecular complexity index is 575. The summed E-state index contributed by atoms with van der Waals surface area (Å²) in [6, 6.07) is 11.0. The van der Waals surface area contributed by atoms with Crippen LogP contribution in [0.4, 0.5) is 0 Å². The molecule has 1 aromatic heterocycles. The van der Waals surface area contributed by atoms with Gasteiger partial charge in [0.25, 0.3) is 0 Å². The van der Waals surface area contributed by atoms with Crippen molar-refractivity contribution in [3.63, 3.8) is 0 Å². The van der Waals surface area contributed by atoms with Crippen LogP contribution in [-0.2, 0) is 6.42 Å². The van der Waals surface area contributed by atoms with E-state index in [1.54, 1.807) is 0 Å². The summed E-state index contributed by atoms with van der Waals surface area (Å²) in [6.45, 7) is 9.63. The minimum atomic E-state index is 0.327. The van der Waals surface area contributed by atoms with E-state index < -0.39 is 0 Å². The van der Waals surface area contributed by atoms with E-state index in [4.69, 9.17) is 0 Å². The highest BCUT2D eigenvalue weighted by Gasteiger charge is 2.15. The minimum Gasteiger partial charge on any atom is -0.310 e. The number of likely N-dealkylation sites (N-methyl/N-ethyl adjacent to an activating group) is 1. The normalized spacial score (nSPS) is 12.4. The van der Waals surface area contributed by atoms with E-state index in [0.717, 1.165) is 13.0 Å². The van der Waals surface area contributed by atoms with Crippen LogP contribution in [-0.4, -0.2) is 11.5 Å². The van der Waals surface area contributed by atoms with E-state index >= 15 is 0 Å². The molecule has 1 atom stereocenters. The number of aromatic nitrogens is 1. The molecular formula is C18H24N2. The maximum Gasteiger partial charge on any atom is 0.0451 e. The molecule has 0 amide bonds. The van der Waals surface area contributed by atoms with Crippen LogP contribution in [0.25, 0.3) is 0 Å². The van der Waals surface area contributed by atoms with Crippen LogP contribution in [0.3, 0.4) is 0 Å². The third kappa shape index (κ3) is 3.26. The Balaban J connectivity index is 2.32. The van der Waals surface area contributed by atoms with Crippen LogP contribution in [0.2, 0.25) is 0 Å². The van der Waals surface area contributed by atoms with Crippen molar-refractivity contribution >= 4 is 0 Å². The third-order valence-electron chi connectivity index (χ3n) is 3.99. The third-order valence-corrected chi connectivity index (χ3v) is 3.99. The highest BCUT2D eigenvalue weighted by atomic mass is 14.9. The van der Waals surface area contributed by atoms with Gasteiger partial charge in [-0.25, -0.2) is 0 Å². The zero-order chi connectivity index (χ0) is 14.5. The Morgan fingerprint density at radius 1 is 1.05 bits per heavy atom. The van der Waals surface area contributed by atoms with Gasteiger partial charge in [-0.05, 0) is 55.6 Å². The molecule has 1 N–H and O–H groups in total. The second-order valence-corrected chi connectivity index (χ2v) is 5.37. The summed E-state index contributed by atoms with van der Waals surface area (Å²) in [5, 5.41) is 3.60. The number of hydrogen-bond acceptors (Lipinski definition) is 2. The zero-order valence-corrected chi connectivity index (χ0v) is 12.9. The number of hydrogen-bond donors (Lipinski definition) is 1. The first-order chi connectivity index (χ1) is 9.63. The number of nitrogens with one attached hydrogen (secondary N) is 1. The Morgan fingerprint density at radius 3 is 2.50 bits per heavy atom. The van der Waals surface area contributed by atoms with Gasteiger partial charge in [0.05, 0.1) is 0 Å². The fourth-order valence-electron chi connectivity index (χ4n) is 2.62. The quantitative estimate of drug-likeness (QED) is 0.889. The lowest BCUT2D eigenvalue weighted by Gasteiger charge is -2.22. The molecule has 0 aliphatic heterocycles. The van der Waals surface area contributed by atoms with E-state index in [2.05, 4.69) is 62.3 Å². The van der Waals surface area contributed by atoms with Gasteiger partial charge in [0.15, 0.2) is 0 Å². The molecule has 1 unspecified atom stereocenters. The van der Waals surface area contributed by atoms with Gasteiger partial charge < -0.3 is 5.32 Å². The lowest BCUT2D eigenvalue weighted by Crippen LogP contribution is -2.24. The predicted molar refractivity (Wildman–Crippen MR) is 85.0 cm³/mol. The van der Waals surface area contributed by atoms with E-state index in [1.165, 1.54) is 27.9 Å². The number of pyridine rings is 1. The monoisotopic (exact) mass is 268 g/mol. The van der Waals surface area contributed by atoms with Gasteiger partial charge in [-0.2, -0.15) is 0 Å². The summed E-state index contributed by atoms with van der Waals surface area (Å²) in [4.78, 5) is 4.54. The molecule has 2 aromatic rings. The first-order valence-electron chi connectivity index (χ1n) is 7.33. The molecule has 0 saturated heterocycles. The van der Waals surface area contributed by atoms with E-state index in [-0.39, 0.29) is 0 Å². The molecular weight excluding hydrogens is 244 g/mol. The second-order valence-electron chi connectivity index (χ2n) is 5.37.